The van der Waals surface area contributed by atoms with Crippen molar-refractivity contribution in [2.24, 2.45) is 28.7 Å². The summed E-state index contributed by atoms with van der Waals surface area (Å²) in [5, 5.41) is 10.8. The van der Waals surface area contributed by atoms with Gasteiger partial charge < -0.3 is 49.9 Å². The summed E-state index contributed by atoms with van der Waals surface area (Å²) >= 11 is 0. The predicted molar refractivity (Wildman–Crippen MR) is 173 cm³/mol. The summed E-state index contributed by atoms with van der Waals surface area (Å²) in [7, 11) is 0. The summed E-state index contributed by atoms with van der Waals surface area (Å²) < 4.78 is 0. The van der Waals surface area contributed by atoms with Crippen molar-refractivity contribution in [3.05, 3.63) is 0 Å². The zero-order valence-corrected chi connectivity index (χ0v) is 26.9. The van der Waals surface area contributed by atoms with Gasteiger partial charge in [0.1, 0.15) is 24.2 Å². The minimum absolute atomic E-state index is 0.210. The van der Waals surface area contributed by atoms with Gasteiger partial charge in [0.15, 0.2) is 0 Å². The van der Waals surface area contributed by atoms with E-state index >= 15 is 0 Å². The molecule has 256 valence electrons. The predicted octanol–water partition coefficient (Wildman–Crippen LogP) is -0.493. The van der Waals surface area contributed by atoms with E-state index < -0.39 is 47.8 Å². The van der Waals surface area contributed by atoms with Crippen LogP contribution in [0.4, 0.5) is 0 Å². The maximum absolute atomic E-state index is 13.4. The lowest BCUT2D eigenvalue weighted by atomic mass is 10.0. The molecule has 0 rings (SSSR count). The molecule has 4 atom stereocenters. The Morgan fingerprint density at radius 2 is 0.818 bits per heavy atom. The maximum Gasteiger partial charge on any atom is 0.243 e. The molecule has 14 nitrogen and oxygen atoms in total. The van der Waals surface area contributed by atoms with E-state index in [1.807, 2.05) is 0 Å². The minimum Gasteiger partial charge on any atom is -0.368 e. The first kappa shape index (κ1) is 41.2. The van der Waals surface area contributed by atoms with E-state index in [1.54, 1.807) is 0 Å². The molecule has 0 aromatic heterocycles. The quantitative estimate of drug-likeness (QED) is 0.0506. The SMILES string of the molecule is CCCCCCCCCC(=O)NC(CCCN)C(=O)NC(CCCN)C(=O)NC(CCCN)C(=O)NC(CCCN)C(N)=O. The lowest BCUT2D eigenvalue weighted by Gasteiger charge is -2.26. The summed E-state index contributed by atoms with van der Waals surface area (Å²) in [4.78, 5) is 64.3. The number of rotatable bonds is 28. The van der Waals surface area contributed by atoms with E-state index in [4.69, 9.17) is 28.7 Å². The molecule has 14 heteroatoms. The summed E-state index contributed by atoms with van der Waals surface area (Å²) in [5.74, 6) is -2.62. The molecule has 0 saturated carbocycles. The number of hydrogen-bond donors (Lipinski definition) is 9. The molecule has 4 unspecified atom stereocenters. The normalized spacial score (nSPS) is 13.8. The maximum atomic E-state index is 13.4. The molecule has 0 saturated heterocycles. The first-order valence-corrected chi connectivity index (χ1v) is 16.4. The molecule has 0 heterocycles. The second kappa shape index (κ2) is 26.6. The lowest BCUT2D eigenvalue weighted by molar-refractivity contribution is -0.134. The van der Waals surface area contributed by atoms with E-state index in [-0.39, 0.29) is 38.3 Å². The molecule has 0 aliphatic carbocycles. The van der Waals surface area contributed by atoms with Crippen LogP contribution in [0.1, 0.15) is 110 Å². The Balaban J connectivity index is 5.45. The lowest BCUT2D eigenvalue weighted by Crippen LogP contribution is -2.58. The van der Waals surface area contributed by atoms with Gasteiger partial charge in [0, 0.05) is 6.42 Å². The van der Waals surface area contributed by atoms with Crippen LogP contribution in [0, 0.1) is 0 Å². The van der Waals surface area contributed by atoms with E-state index in [1.165, 1.54) is 19.3 Å². The van der Waals surface area contributed by atoms with Gasteiger partial charge in [-0.1, -0.05) is 45.4 Å². The summed E-state index contributed by atoms with van der Waals surface area (Å²) in [6, 6.07) is -3.83. The average Bonchev–Trinajstić information content (AvgIpc) is 3.00. The van der Waals surface area contributed by atoms with Gasteiger partial charge in [0.25, 0.3) is 0 Å². The fourth-order valence-corrected chi connectivity index (χ4v) is 4.71. The molecule has 0 fully saturated rings. The summed E-state index contributed by atoms with van der Waals surface area (Å²) in [6.45, 7) is 3.39. The van der Waals surface area contributed by atoms with Crippen LogP contribution in [0.2, 0.25) is 0 Å². The van der Waals surface area contributed by atoms with Gasteiger partial charge in [0.05, 0.1) is 0 Å². The molecule has 44 heavy (non-hydrogen) atoms. The number of unbranched alkanes of at least 4 members (excludes halogenated alkanes) is 6. The zero-order valence-electron chi connectivity index (χ0n) is 26.9. The number of hydrogen-bond acceptors (Lipinski definition) is 9. The largest absolute Gasteiger partial charge is 0.368 e. The molecular weight excluding hydrogens is 566 g/mol. The first-order chi connectivity index (χ1) is 21.1. The fraction of sp³-hybridized carbons (Fsp3) is 0.833. The smallest absolute Gasteiger partial charge is 0.243 e. The standard InChI is InChI=1S/C30H61N9O5/c1-2-3-4-5-6-7-8-17-26(40)36-23(14-10-19-32)28(42)38-25(16-12-21-34)30(44)39-24(15-11-20-33)29(43)37-22(27(35)41)13-9-18-31/h22-25H,2-21,31-34H2,1H3,(H2,35,41)(H,36,40)(H,37,43)(H,38,42)(H,39,44). The van der Waals surface area contributed by atoms with Crippen molar-refractivity contribution in [3.63, 3.8) is 0 Å². The molecule has 0 aliphatic heterocycles. The van der Waals surface area contributed by atoms with Gasteiger partial charge in [-0.05, 0) is 84.0 Å². The second-order valence-electron chi connectivity index (χ2n) is 11.3. The number of amides is 5. The van der Waals surface area contributed by atoms with Crippen molar-refractivity contribution < 1.29 is 24.0 Å². The highest BCUT2D eigenvalue weighted by Crippen LogP contribution is 2.10. The van der Waals surface area contributed by atoms with Gasteiger partial charge >= 0.3 is 0 Å². The summed E-state index contributed by atoms with van der Waals surface area (Å²) in [6.07, 6.45) is 10.7. The highest BCUT2D eigenvalue weighted by Gasteiger charge is 2.30. The number of primary amides is 1. The highest BCUT2D eigenvalue weighted by molar-refractivity contribution is 5.95. The van der Waals surface area contributed by atoms with E-state index in [0.29, 0.717) is 51.6 Å². The Labute approximate surface area is 263 Å². The zero-order chi connectivity index (χ0) is 33.2. The Hall–Kier alpha value is -2.81. The molecule has 0 radical (unpaired) electrons. The molecule has 0 aromatic carbocycles. The minimum atomic E-state index is -1.02. The third-order valence-corrected chi connectivity index (χ3v) is 7.37. The van der Waals surface area contributed by atoms with Gasteiger partial charge in [-0.25, -0.2) is 0 Å². The van der Waals surface area contributed by atoms with Crippen molar-refractivity contribution in [2.75, 3.05) is 26.2 Å². The molecule has 5 amide bonds. The molecular formula is C30H61N9O5. The van der Waals surface area contributed by atoms with Gasteiger partial charge in [-0.2, -0.15) is 0 Å². The van der Waals surface area contributed by atoms with Crippen molar-refractivity contribution >= 4 is 29.5 Å². The van der Waals surface area contributed by atoms with Gasteiger partial charge in [-0.15, -0.1) is 0 Å². The van der Waals surface area contributed by atoms with Crippen LogP contribution < -0.4 is 49.9 Å². The topological polar surface area (TPSA) is 264 Å². The number of nitrogens with one attached hydrogen (secondary N) is 4. The Kier molecular flexibility index (Phi) is 24.9. The molecule has 0 bridgehead atoms. The van der Waals surface area contributed by atoms with E-state index in [9.17, 15) is 24.0 Å². The molecule has 0 aliphatic rings. The van der Waals surface area contributed by atoms with Crippen molar-refractivity contribution in [1.29, 1.82) is 0 Å². The molecule has 0 aromatic rings. The number of carbonyl (C=O) groups is 5. The van der Waals surface area contributed by atoms with Gasteiger partial charge in [0.2, 0.25) is 29.5 Å². The Morgan fingerprint density at radius 1 is 0.477 bits per heavy atom. The molecule has 0 spiro atoms. The number of nitrogens with two attached hydrogens (primary N) is 5. The van der Waals surface area contributed by atoms with E-state index in [0.717, 1.165) is 25.7 Å². The van der Waals surface area contributed by atoms with Gasteiger partial charge in [-0.3, -0.25) is 24.0 Å². The third kappa shape index (κ3) is 19.5. The van der Waals surface area contributed by atoms with Crippen molar-refractivity contribution in [3.8, 4) is 0 Å². The highest BCUT2D eigenvalue weighted by atomic mass is 16.2. The van der Waals surface area contributed by atoms with Crippen LogP contribution in [-0.4, -0.2) is 79.9 Å². The van der Waals surface area contributed by atoms with Crippen LogP contribution in [0.15, 0.2) is 0 Å². The molecule has 14 N–H and O–H groups in total. The van der Waals surface area contributed by atoms with Crippen LogP contribution in [0.5, 0.6) is 0 Å². The second-order valence-corrected chi connectivity index (χ2v) is 11.3. The first-order valence-electron chi connectivity index (χ1n) is 16.4. The van der Waals surface area contributed by atoms with Crippen LogP contribution >= 0.6 is 0 Å². The monoisotopic (exact) mass is 627 g/mol. The van der Waals surface area contributed by atoms with E-state index in [2.05, 4.69) is 28.2 Å². The Bertz CT molecular complexity index is 831. The average molecular weight is 628 g/mol. The van der Waals surface area contributed by atoms with Crippen LogP contribution in [0.25, 0.3) is 0 Å². The number of carbonyl (C=O) groups excluding carboxylic acids is 5. The fourth-order valence-electron chi connectivity index (χ4n) is 4.71. The van der Waals surface area contributed by atoms with Crippen LogP contribution in [-0.2, 0) is 24.0 Å². The van der Waals surface area contributed by atoms with Crippen LogP contribution in [0.3, 0.4) is 0 Å². The summed E-state index contributed by atoms with van der Waals surface area (Å²) in [5.41, 5.74) is 28.0. The van der Waals surface area contributed by atoms with Crippen molar-refractivity contribution in [1.82, 2.24) is 21.3 Å². The van der Waals surface area contributed by atoms with Crippen molar-refractivity contribution in [2.45, 2.75) is 134 Å². The Morgan fingerprint density at radius 3 is 1.20 bits per heavy atom. The third-order valence-electron chi connectivity index (χ3n) is 7.37.